The maximum absolute atomic E-state index is 5.11. The summed E-state index contributed by atoms with van der Waals surface area (Å²) in [7, 11) is 0. The van der Waals surface area contributed by atoms with Crippen LogP contribution in [0.25, 0.3) is 56.2 Å². The van der Waals surface area contributed by atoms with Crippen LogP contribution in [0, 0.1) is 0 Å². The average molecular weight is 613 g/mol. The Balaban J connectivity index is 0.00000189. The van der Waals surface area contributed by atoms with Gasteiger partial charge in [0.25, 0.3) is 0 Å². The van der Waals surface area contributed by atoms with E-state index in [-0.39, 0.29) is 14.9 Å². The Hall–Kier alpha value is -4.82. The van der Waals surface area contributed by atoms with Crippen LogP contribution in [0.4, 0.5) is 0 Å². The Labute approximate surface area is 281 Å². The van der Waals surface area contributed by atoms with Crippen LogP contribution >= 0.6 is 0 Å². The minimum absolute atomic E-state index is 0. The molecule has 242 valence electrons. The number of benzene rings is 4. The van der Waals surface area contributed by atoms with Crippen LogP contribution in [0.5, 0.6) is 0 Å². The molecule has 0 amide bonds. The molecule has 2 heterocycles. The topological polar surface area (TPSA) is 25.8 Å². The molecule has 46 heavy (non-hydrogen) atoms. The number of aromatic nitrogens is 2. The zero-order chi connectivity index (χ0) is 32.2. The van der Waals surface area contributed by atoms with Crippen molar-refractivity contribution < 1.29 is 0 Å². The van der Waals surface area contributed by atoms with Crippen molar-refractivity contribution in [3.05, 3.63) is 146 Å². The van der Waals surface area contributed by atoms with E-state index < -0.39 is 0 Å². The van der Waals surface area contributed by atoms with Crippen LogP contribution in [-0.4, -0.2) is 9.97 Å². The van der Waals surface area contributed by atoms with Crippen molar-refractivity contribution in [1.82, 2.24) is 9.97 Å². The summed E-state index contributed by atoms with van der Waals surface area (Å²) in [5.74, 6) is 0. The number of hydrogen-bond acceptors (Lipinski definition) is 2. The highest BCUT2D eigenvalue weighted by molar-refractivity contribution is 5.79. The van der Waals surface area contributed by atoms with Gasteiger partial charge in [-0.25, -0.2) is 9.97 Å². The van der Waals surface area contributed by atoms with Crippen molar-refractivity contribution in [1.29, 1.82) is 0 Å². The van der Waals surface area contributed by atoms with Crippen molar-refractivity contribution in [2.24, 2.45) is 0 Å². The molecular formula is C44H56N2. The third-order valence-corrected chi connectivity index (χ3v) is 6.27. The lowest BCUT2D eigenvalue weighted by Crippen LogP contribution is -1.95. The molecule has 0 spiro atoms. The molecule has 6 aromatic rings. The molecule has 0 unspecified atom stereocenters. The molecule has 2 nitrogen and oxygen atoms in total. The smallest absolute Gasteiger partial charge is 0.0900 e. The molecule has 2 aromatic heterocycles. The molecule has 0 N–H and O–H groups in total. The molecular weight excluding hydrogens is 556 g/mol. The lowest BCUT2D eigenvalue weighted by Gasteiger charge is -2.13. The highest BCUT2D eigenvalue weighted by Gasteiger charge is 2.13. The maximum Gasteiger partial charge on any atom is 0.0900 e. The summed E-state index contributed by atoms with van der Waals surface area (Å²) < 4.78 is 0. The van der Waals surface area contributed by atoms with Gasteiger partial charge in [-0.2, -0.15) is 0 Å². The monoisotopic (exact) mass is 612 g/mol. The van der Waals surface area contributed by atoms with Crippen LogP contribution in [-0.2, 0) is 0 Å². The fourth-order valence-electron chi connectivity index (χ4n) is 4.43. The van der Waals surface area contributed by atoms with E-state index in [1.807, 2.05) is 104 Å². The Kier molecular flexibility index (Phi) is 21.1. The van der Waals surface area contributed by atoms with E-state index in [0.717, 1.165) is 56.2 Å². The summed E-state index contributed by atoms with van der Waals surface area (Å²) in [6.07, 6.45) is 0. The summed E-state index contributed by atoms with van der Waals surface area (Å²) in [6, 6.07) is 50.2. The average Bonchev–Trinajstić information content (AvgIpc) is 3.16. The second-order valence-corrected chi connectivity index (χ2v) is 8.72. The Bertz CT molecular complexity index is 1350. The standard InChI is InChI=1S/C34H24N2.4C2H6.2CH4/c1-5-13-25(14-6-1)29-21-31(27-17-9-3-10-18-27)35-33(23-29)34-24-30(26-15-7-2-8-16-26)22-32(36-34)28-19-11-4-12-20-28;4*1-2;;/h1-24H;4*1-2H3;2*1H4. The van der Waals surface area contributed by atoms with Crippen molar-refractivity contribution in [3.8, 4) is 56.2 Å². The first-order valence-electron chi connectivity index (χ1n) is 16.1. The quantitative estimate of drug-likeness (QED) is 0.193. The number of rotatable bonds is 5. The third kappa shape index (κ3) is 11.3. The number of nitrogens with zero attached hydrogens (tertiary/aromatic N) is 2. The maximum atomic E-state index is 5.11. The van der Waals surface area contributed by atoms with Crippen molar-refractivity contribution in [3.63, 3.8) is 0 Å². The van der Waals surface area contributed by atoms with E-state index in [1.54, 1.807) is 0 Å². The van der Waals surface area contributed by atoms with Crippen molar-refractivity contribution in [2.45, 2.75) is 70.2 Å². The molecule has 0 fully saturated rings. The van der Waals surface area contributed by atoms with E-state index in [9.17, 15) is 0 Å². The number of hydrogen-bond donors (Lipinski definition) is 0. The molecule has 0 aliphatic heterocycles. The van der Waals surface area contributed by atoms with Gasteiger partial charge >= 0.3 is 0 Å². The molecule has 0 saturated heterocycles. The molecule has 0 radical (unpaired) electrons. The minimum atomic E-state index is 0. The van der Waals surface area contributed by atoms with Gasteiger partial charge in [0, 0.05) is 11.1 Å². The lowest BCUT2D eigenvalue weighted by atomic mass is 9.99. The molecule has 0 bridgehead atoms. The zero-order valence-corrected chi connectivity index (χ0v) is 27.8. The number of pyridine rings is 2. The fourth-order valence-corrected chi connectivity index (χ4v) is 4.43. The van der Waals surface area contributed by atoms with Crippen LogP contribution in [0.15, 0.2) is 146 Å². The van der Waals surface area contributed by atoms with Gasteiger partial charge < -0.3 is 0 Å². The van der Waals surface area contributed by atoms with Gasteiger partial charge in [-0.3, -0.25) is 0 Å². The molecule has 6 rings (SSSR count). The second-order valence-electron chi connectivity index (χ2n) is 8.72. The van der Waals surface area contributed by atoms with Gasteiger partial charge in [0.1, 0.15) is 0 Å². The second kappa shape index (κ2) is 23.5. The molecule has 4 aromatic carbocycles. The minimum Gasteiger partial charge on any atom is -0.246 e. The van der Waals surface area contributed by atoms with Crippen LogP contribution in [0.3, 0.4) is 0 Å². The predicted molar refractivity (Wildman–Crippen MR) is 208 cm³/mol. The van der Waals surface area contributed by atoms with E-state index in [0.29, 0.717) is 0 Å². The largest absolute Gasteiger partial charge is 0.246 e. The predicted octanol–water partition coefficient (Wildman–Crippen LogP) is 14.2. The molecule has 2 heteroatoms. The van der Waals surface area contributed by atoms with Crippen molar-refractivity contribution >= 4 is 0 Å². The van der Waals surface area contributed by atoms with E-state index in [1.165, 1.54) is 0 Å². The highest BCUT2D eigenvalue weighted by atomic mass is 14.8. The summed E-state index contributed by atoms with van der Waals surface area (Å²) >= 11 is 0. The van der Waals surface area contributed by atoms with Gasteiger partial charge in [-0.15, -0.1) is 0 Å². The Morgan fingerprint density at radius 3 is 0.739 bits per heavy atom. The third-order valence-electron chi connectivity index (χ3n) is 6.27. The van der Waals surface area contributed by atoms with Crippen LogP contribution < -0.4 is 0 Å². The van der Waals surface area contributed by atoms with Gasteiger partial charge in [-0.05, 0) is 46.5 Å². The van der Waals surface area contributed by atoms with Gasteiger partial charge in [0.2, 0.25) is 0 Å². The normalized spacial score (nSPS) is 8.96. The van der Waals surface area contributed by atoms with E-state index in [4.69, 9.17) is 9.97 Å². The SMILES string of the molecule is C.C.CC.CC.CC.CC.c1ccc(-c2cc(-c3ccccc3)nc(-c3cc(-c4ccccc4)cc(-c4ccccc4)n3)c2)cc1. The first kappa shape index (κ1) is 41.2. The molecule has 0 saturated carbocycles. The Morgan fingerprint density at radius 1 is 0.261 bits per heavy atom. The van der Waals surface area contributed by atoms with Crippen LogP contribution in [0.2, 0.25) is 0 Å². The first-order chi connectivity index (χ1) is 21.8. The molecule has 0 aliphatic carbocycles. The van der Waals surface area contributed by atoms with E-state index in [2.05, 4.69) is 97.1 Å². The lowest BCUT2D eigenvalue weighted by molar-refractivity contribution is 1.25. The van der Waals surface area contributed by atoms with Gasteiger partial charge in [-0.1, -0.05) is 192 Å². The summed E-state index contributed by atoms with van der Waals surface area (Å²) in [6.45, 7) is 16.0. The highest BCUT2D eigenvalue weighted by Crippen LogP contribution is 2.33. The molecule has 0 atom stereocenters. The van der Waals surface area contributed by atoms with E-state index >= 15 is 0 Å². The molecule has 0 aliphatic rings. The summed E-state index contributed by atoms with van der Waals surface area (Å²) in [4.78, 5) is 10.2. The van der Waals surface area contributed by atoms with Gasteiger partial charge in [0.15, 0.2) is 0 Å². The Morgan fingerprint density at radius 2 is 0.478 bits per heavy atom. The van der Waals surface area contributed by atoms with Crippen LogP contribution in [0.1, 0.15) is 70.2 Å². The van der Waals surface area contributed by atoms with Gasteiger partial charge in [0.05, 0.1) is 22.8 Å². The first-order valence-corrected chi connectivity index (χ1v) is 16.1. The fraction of sp³-hybridized carbons (Fsp3) is 0.227. The zero-order valence-electron chi connectivity index (χ0n) is 27.8. The summed E-state index contributed by atoms with van der Waals surface area (Å²) in [5.41, 5.74) is 10.3. The van der Waals surface area contributed by atoms with Crippen molar-refractivity contribution in [2.75, 3.05) is 0 Å². The summed E-state index contributed by atoms with van der Waals surface area (Å²) in [5, 5.41) is 0.